The van der Waals surface area contributed by atoms with Crippen LogP contribution in [-0.4, -0.2) is 38.0 Å². The lowest BCUT2D eigenvalue weighted by molar-refractivity contribution is -0.117. The van der Waals surface area contributed by atoms with Crippen molar-refractivity contribution in [3.05, 3.63) is 83.4 Å². The number of anilines is 1. The van der Waals surface area contributed by atoms with Gasteiger partial charge in [-0.25, -0.2) is 0 Å². The Morgan fingerprint density at radius 1 is 1.03 bits per heavy atom. The topological polar surface area (TPSA) is 81.7 Å². The summed E-state index contributed by atoms with van der Waals surface area (Å²) < 4.78 is 0. The van der Waals surface area contributed by atoms with Crippen molar-refractivity contribution in [2.24, 2.45) is 0 Å². The minimum Gasteiger partial charge on any atom is -0.428 e. The summed E-state index contributed by atoms with van der Waals surface area (Å²) in [5.41, 5.74) is 5.62. The van der Waals surface area contributed by atoms with Crippen LogP contribution in [0.2, 0.25) is 13.1 Å². The number of rotatable bonds is 6. The number of nitrogens with zero attached hydrogens (tertiary/aromatic N) is 1. The standard InChI is InChI=1S/C29H35N3O3Si/c1-19-15-27(31-29(34)24-7-6-8-25(16-24)36(4,5)35)26-17-23(13-14-28(26)32(19)20(2)33)22-11-9-21(10-12-22)18-30-3/h6-14,16-17,19,27,30,35H,15,18H2,1-5H3,(H,31,34). The Morgan fingerprint density at radius 3 is 2.36 bits per heavy atom. The summed E-state index contributed by atoms with van der Waals surface area (Å²) in [4.78, 5) is 38.2. The first-order valence-corrected chi connectivity index (χ1v) is 15.3. The number of nitrogens with one attached hydrogen (secondary N) is 2. The third-order valence-corrected chi connectivity index (χ3v) is 8.55. The lowest BCUT2D eigenvalue weighted by Crippen LogP contribution is -2.46. The fourth-order valence-corrected chi connectivity index (χ4v) is 5.97. The largest absolute Gasteiger partial charge is 0.428 e. The van der Waals surface area contributed by atoms with Gasteiger partial charge in [0.05, 0.1) is 6.04 Å². The molecule has 0 fully saturated rings. The van der Waals surface area contributed by atoms with E-state index in [2.05, 4.69) is 41.0 Å². The van der Waals surface area contributed by atoms with Gasteiger partial charge >= 0.3 is 0 Å². The molecule has 0 spiro atoms. The Labute approximate surface area is 214 Å². The summed E-state index contributed by atoms with van der Waals surface area (Å²) >= 11 is 0. The number of carbonyl (C=O) groups is 2. The van der Waals surface area contributed by atoms with Crippen LogP contribution in [0.5, 0.6) is 0 Å². The van der Waals surface area contributed by atoms with Crippen molar-refractivity contribution >= 4 is 31.0 Å². The van der Waals surface area contributed by atoms with E-state index in [0.717, 1.165) is 34.1 Å². The van der Waals surface area contributed by atoms with Gasteiger partial charge in [0.2, 0.25) is 14.2 Å². The highest BCUT2D eigenvalue weighted by molar-refractivity contribution is 6.83. The SMILES string of the molecule is CNCc1ccc(-c2ccc3c(c2)C(NC(=O)c2cccc([Si](C)(C)O)c2)CC(C)N3C(C)=O)cc1. The molecule has 36 heavy (non-hydrogen) atoms. The van der Waals surface area contributed by atoms with Crippen molar-refractivity contribution in [3.63, 3.8) is 0 Å². The van der Waals surface area contributed by atoms with E-state index in [9.17, 15) is 14.4 Å². The third kappa shape index (κ3) is 5.43. The van der Waals surface area contributed by atoms with E-state index >= 15 is 0 Å². The average Bonchev–Trinajstić information content (AvgIpc) is 2.84. The molecule has 3 aromatic rings. The van der Waals surface area contributed by atoms with Crippen molar-refractivity contribution in [1.82, 2.24) is 10.6 Å². The maximum atomic E-state index is 13.3. The van der Waals surface area contributed by atoms with E-state index in [1.165, 1.54) is 5.56 Å². The summed E-state index contributed by atoms with van der Waals surface area (Å²) in [6.45, 7) is 8.08. The predicted molar refractivity (Wildman–Crippen MR) is 148 cm³/mol. The van der Waals surface area contributed by atoms with Crippen LogP contribution >= 0.6 is 0 Å². The van der Waals surface area contributed by atoms with Crippen LogP contribution < -0.4 is 20.7 Å². The maximum absolute atomic E-state index is 13.3. The average molecular weight is 502 g/mol. The summed E-state index contributed by atoms with van der Waals surface area (Å²) in [7, 11) is -0.609. The molecule has 7 heteroatoms. The lowest BCUT2D eigenvalue weighted by atomic mass is 9.88. The van der Waals surface area contributed by atoms with E-state index in [1.54, 1.807) is 19.1 Å². The van der Waals surface area contributed by atoms with Crippen LogP contribution in [-0.2, 0) is 11.3 Å². The first-order chi connectivity index (χ1) is 17.1. The smallest absolute Gasteiger partial charge is 0.251 e. The van der Waals surface area contributed by atoms with Gasteiger partial charge in [-0.2, -0.15) is 0 Å². The highest BCUT2D eigenvalue weighted by Gasteiger charge is 2.33. The highest BCUT2D eigenvalue weighted by atomic mass is 28.4. The zero-order valence-electron chi connectivity index (χ0n) is 21.6. The van der Waals surface area contributed by atoms with Crippen LogP contribution in [0.3, 0.4) is 0 Å². The molecule has 2 unspecified atom stereocenters. The van der Waals surface area contributed by atoms with Crippen LogP contribution in [0.1, 0.15) is 47.8 Å². The monoisotopic (exact) mass is 501 g/mol. The molecule has 2 amide bonds. The third-order valence-electron chi connectivity index (χ3n) is 6.82. The van der Waals surface area contributed by atoms with Crippen LogP contribution in [0.15, 0.2) is 66.7 Å². The van der Waals surface area contributed by atoms with Gasteiger partial charge in [-0.05, 0) is 85.2 Å². The summed E-state index contributed by atoms with van der Waals surface area (Å²) in [5, 5.41) is 7.20. The molecule has 2 atom stereocenters. The van der Waals surface area contributed by atoms with Gasteiger partial charge in [-0.15, -0.1) is 0 Å². The van der Waals surface area contributed by atoms with Crippen LogP contribution in [0.25, 0.3) is 11.1 Å². The number of hydrogen-bond acceptors (Lipinski definition) is 4. The zero-order valence-corrected chi connectivity index (χ0v) is 22.6. The quantitative estimate of drug-likeness (QED) is 0.445. The summed E-state index contributed by atoms with van der Waals surface area (Å²) in [5.74, 6) is -0.197. The molecular weight excluding hydrogens is 466 g/mol. The van der Waals surface area contributed by atoms with Crippen molar-refractivity contribution in [1.29, 1.82) is 0 Å². The second-order valence-electron chi connectivity index (χ2n) is 10.1. The molecule has 1 aliphatic heterocycles. The van der Waals surface area contributed by atoms with E-state index < -0.39 is 8.32 Å². The van der Waals surface area contributed by atoms with Crippen molar-refractivity contribution in [2.45, 2.75) is 52.0 Å². The summed E-state index contributed by atoms with van der Waals surface area (Å²) in [6, 6.07) is 21.5. The van der Waals surface area contributed by atoms with Gasteiger partial charge in [0.1, 0.15) is 0 Å². The van der Waals surface area contributed by atoms with E-state index in [4.69, 9.17) is 0 Å². The second kappa shape index (κ2) is 10.4. The van der Waals surface area contributed by atoms with Gasteiger partial charge in [-0.3, -0.25) is 9.59 Å². The Hall–Kier alpha value is -3.26. The van der Waals surface area contributed by atoms with Gasteiger partial charge in [0.25, 0.3) is 5.91 Å². The molecule has 0 radical (unpaired) electrons. The number of fused-ring (bicyclic) bond motifs is 1. The molecule has 0 aromatic heterocycles. The minimum atomic E-state index is -2.54. The minimum absolute atomic E-state index is 0.0134. The van der Waals surface area contributed by atoms with Gasteiger partial charge in [-0.1, -0.05) is 42.5 Å². The van der Waals surface area contributed by atoms with Gasteiger partial charge in [0, 0.05) is 30.8 Å². The van der Waals surface area contributed by atoms with Gasteiger partial charge < -0.3 is 20.3 Å². The Bertz CT molecular complexity index is 1270. The molecule has 0 saturated carbocycles. The molecule has 188 valence electrons. The first kappa shape index (κ1) is 25.8. The molecule has 3 aromatic carbocycles. The maximum Gasteiger partial charge on any atom is 0.251 e. The number of amides is 2. The fourth-order valence-electron chi connectivity index (χ4n) is 4.96. The summed E-state index contributed by atoms with van der Waals surface area (Å²) in [6.07, 6.45) is 0.614. The predicted octanol–water partition coefficient (Wildman–Crippen LogP) is 4.09. The van der Waals surface area contributed by atoms with Crippen molar-refractivity contribution < 1.29 is 14.4 Å². The lowest BCUT2D eigenvalue weighted by Gasteiger charge is -2.39. The van der Waals surface area contributed by atoms with E-state index in [-0.39, 0.29) is 23.9 Å². The molecule has 6 nitrogen and oxygen atoms in total. The van der Waals surface area contributed by atoms with Crippen LogP contribution in [0, 0.1) is 0 Å². The molecular formula is C29H35N3O3Si. The second-order valence-corrected chi connectivity index (χ2v) is 13.8. The number of benzene rings is 3. The Balaban J connectivity index is 1.69. The fraction of sp³-hybridized carbons (Fsp3) is 0.310. The molecule has 0 saturated heterocycles. The molecule has 1 aliphatic rings. The highest BCUT2D eigenvalue weighted by Crippen LogP contribution is 2.39. The normalized spacial score (nSPS) is 17.4. The molecule has 1 heterocycles. The van der Waals surface area contributed by atoms with Crippen LogP contribution in [0.4, 0.5) is 5.69 Å². The van der Waals surface area contributed by atoms with Crippen molar-refractivity contribution in [3.8, 4) is 11.1 Å². The Morgan fingerprint density at radius 2 is 1.72 bits per heavy atom. The number of hydrogen-bond donors (Lipinski definition) is 3. The van der Waals surface area contributed by atoms with E-state index in [0.29, 0.717) is 12.0 Å². The zero-order chi connectivity index (χ0) is 26.0. The van der Waals surface area contributed by atoms with Gasteiger partial charge in [0.15, 0.2) is 0 Å². The molecule has 3 N–H and O–H groups in total. The first-order valence-electron chi connectivity index (χ1n) is 12.4. The molecule has 0 bridgehead atoms. The number of carbonyl (C=O) groups excluding carboxylic acids is 2. The van der Waals surface area contributed by atoms with E-state index in [1.807, 2.05) is 56.2 Å². The Kier molecular flexibility index (Phi) is 7.45. The molecule has 0 aliphatic carbocycles. The molecule has 4 rings (SSSR count). The van der Waals surface area contributed by atoms with Crippen molar-refractivity contribution in [2.75, 3.05) is 11.9 Å².